The van der Waals surface area contributed by atoms with E-state index in [2.05, 4.69) is 16.3 Å². The summed E-state index contributed by atoms with van der Waals surface area (Å²) in [5.41, 5.74) is 1.81. The number of carbonyl (C=O) groups excluding carboxylic acids is 1. The number of rotatable bonds is 8. The Labute approximate surface area is 211 Å². The number of nitrogens with one attached hydrogen (secondary N) is 1. The number of carboxylic acids is 1. The summed E-state index contributed by atoms with van der Waals surface area (Å²) < 4.78 is 13.2. The van der Waals surface area contributed by atoms with Crippen molar-refractivity contribution in [3.8, 4) is 11.5 Å². The van der Waals surface area contributed by atoms with Crippen LogP contribution in [0.2, 0.25) is 0 Å². The summed E-state index contributed by atoms with van der Waals surface area (Å²) in [6, 6.07) is 4.33. The highest BCUT2D eigenvalue weighted by Crippen LogP contribution is 2.76. The standard InChI is InChI=1S/C28H36N2O6/c1-35-28-9-8-26(13-18(28)14-29-21(32)6-7-22(33)34)20-12-17-4-5-19(31)24-23(17)27(26,25(28)36-24)10-11-30(20)15-16-2-3-16/h4-5,16,18,20,25,31H,2-3,6-15H2,1H3,(H,29,32)(H,33,34)/t18?,20-,25?,26-,27+,28?/m1/s1. The van der Waals surface area contributed by atoms with Crippen molar-refractivity contribution < 1.29 is 29.3 Å². The molecular formula is C28H36N2O6. The zero-order valence-corrected chi connectivity index (χ0v) is 20.9. The second-order valence-corrected chi connectivity index (χ2v) is 12.2. The van der Waals surface area contributed by atoms with Crippen LogP contribution in [-0.4, -0.2) is 71.5 Å². The van der Waals surface area contributed by atoms with Crippen molar-refractivity contribution in [3.63, 3.8) is 0 Å². The molecule has 2 spiro atoms. The summed E-state index contributed by atoms with van der Waals surface area (Å²) in [4.78, 5) is 26.2. The van der Waals surface area contributed by atoms with Gasteiger partial charge in [0.05, 0.1) is 6.42 Å². The first kappa shape index (κ1) is 22.8. The number of benzene rings is 1. The van der Waals surface area contributed by atoms with Crippen LogP contribution in [0.4, 0.5) is 0 Å². The van der Waals surface area contributed by atoms with Gasteiger partial charge >= 0.3 is 5.97 Å². The molecule has 0 radical (unpaired) electrons. The van der Waals surface area contributed by atoms with Gasteiger partial charge in [0.1, 0.15) is 11.7 Å². The number of amides is 1. The minimum atomic E-state index is -0.963. The van der Waals surface area contributed by atoms with Crippen LogP contribution in [0.5, 0.6) is 11.5 Å². The zero-order valence-electron chi connectivity index (χ0n) is 20.9. The summed E-state index contributed by atoms with van der Waals surface area (Å²) in [6.45, 7) is 2.67. The zero-order chi connectivity index (χ0) is 24.9. The molecule has 4 saturated carbocycles. The SMILES string of the molecule is COC12CC[C@@]3(CC1CNC(=O)CCC(=O)O)[C@H]1Cc4ccc(O)c5c4[C@@]3(CCN1CC1CC1)C2O5. The number of aliphatic carboxylic acids is 1. The first-order valence-corrected chi connectivity index (χ1v) is 13.6. The highest BCUT2D eigenvalue weighted by molar-refractivity contribution is 5.80. The topological polar surface area (TPSA) is 108 Å². The second-order valence-electron chi connectivity index (χ2n) is 12.2. The molecule has 1 saturated heterocycles. The molecule has 194 valence electrons. The average molecular weight is 497 g/mol. The van der Waals surface area contributed by atoms with Gasteiger partial charge < -0.3 is 25.0 Å². The Hall–Kier alpha value is -2.32. The Bertz CT molecular complexity index is 1140. The normalized spacial score (nSPS) is 39.4. The predicted octanol–water partition coefficient (Wildman–Crippen LogP) is 2.60. The summed E-state index contributed by atoms with van der Waals surface area (Å²) in [5, 5.41) is 22.9. The third kappa shape index (κ3) is 2.77. The first-order chi connectivity index (χ1) is 17.3. The third-order valence-electron chi connectivity index (χ3n) is 10.9. The number of aromatic hydroxyl groups is 1. The van der Waals surface area contributed by atoms with Crippen LogP contribution in [0.25, 0.3) is 0 Å². The number of methoxy groups -OCH3 is 1. The number of phenols is 1. The molecule has 0 aromatic heterocycles. The fourth-order valence-corrected chi connectivity index (χ4v) is 9.33. The van der Waals surface area contributed by atoms with Crippen LogP contribution in [0.15, 0.2) is 12.1 Å². The van der Waals surface area contributed by atoms with Gasteiger partial charge in [0.25, 0.3) is 0 Å². The third-order valence-corrected chi connectivity index (χ3v) is 10.9. The summed E-state index contributed by atoms with van der Waals surface area (Å²) >= 11 is 0. The number of nitrogens with zero attached hydrogens (tertiary/aromatic N) is 1. The first-order valence-electron chi connectivity index (χ1n) is 13.6. The lowest BCUT2D eigenvalue weighted by Crippen LogP contribution is -2.81. The number of likely N-dealkylation sites (tertiary alicyclic amines) is 1. The molecule has 3 N–H and O–H groups in total. The minimum absolute atomic E-state index is 0.00753. The van der Waals surface area contributed by atoms with Crippen LogP contribution < -0.4 is 10.1 Å². The van der Waals surface area contributed by atoms with E-state index in [-0.39, 0.29) is 47.4 Å². The summed E-state index contributed by atoms with van der Waals surface area (Å²) in [6.07, 6.45) is 7.13. The molecule has 8 rings (SSSR count). The Morgan fingerprint density at radius 2 is 2.06 bits per heavy atom. The molecule has 3 unspecified atom stereocenters. The summed E-state index contributed by atoms with van der Waals surface area (Å²) in [7, 11) is 1.77. The lowest BCUT2D eigenvalue weighted by Gasteiger charge is -2.74. The molecule has 1 aromatic rings. The Morgan fingerprint density at radius 1 is 1.22 bits per heavy atom. The van der Waals surface area contributed by atoms with Crippen molar-refractivity contribution in [3.05, 3.63) is 23.3 Å². The maximum absolute atomic E-state index is 12.5. The molecular weight excluding hydrogens is 460 g/mol. The molecule has 2 aliphatic heterocycles. The maximum Gasteiger partial charge on any atom is 0.303 e. The number of piperidine rings is 1. The summed E-state index contributed by atoms with van der Waals surface area (Å²) in [5.74, 6) is 0.560. The molecule has 5 fully saturated rings. The number of phenolic OH excluding ortho intramolecular Hbond substituents is 1. The van der Waals surface area contributed by atoms with E-state index in [0.29, 0.717) is 18.3 Å². The number of fused-ring (bicyclic) bond motifs is 2. The number of carboxylic acid groups (broad SMARTS) is 1. The van der Waals surface area contributed by atoms with Gasteiger partial charge in [0, 0.05) is 55.0 Å². The molecule has 5 aliphatic carbocycles. The smallest absolute Gasteiger partial charge is 0.303 e. The van der Waals surface area contributed by atoms with E-state index < -0.39 is 11.6 Å². The Balaban J connectivity index is 1.30. The van der Waals surface area contributed by atoms with Gasteiger partial charge in [-0.25, -0.2) is 0 Å². The van der Waals surface area contributed by atoms with Crippen molar-refractivity contribution in [1.82, 2.24) is 10.2 Å². The highest BCUT2D eigenvalue weighted by atomic mass is 16.6. The van der Waals surface area contributed by atoms with Crippen molar-refractivity contribution in [2.75, 3.05) is 26.7 Å². The van der Waals surface area contributed by atoms with Crippen LogP contribution in [0, 0.1) is 17.3 Å². The van der Waals surface area contributed by atoms with E-state index >= 15 is 0 Å². The molecule has 8 heteroatoms. The van der Waals surface area contributed by atoms with Crippen molar-refractivity contribution in [1.29, 1.82) is 0 Å². The molecule has 2 heterocycles. The Kier molecular flexibility index (Phi) is 4.82. The average Bonchev–Trinajstić information content (AvgIpc) is 3.61. The lowest BCUT2D eigenvalue weighted by atomic mass is 9.35. The predicted molar refractivity (Wildman–Crippen MR) is 130 cm³/mol. The van der Waals surface area contributed by atoms with Gasteiger partial charge in [-0.3, -0.25) is 14.5 Å². The molecule has 6 atom stereocenters. The van der Waals surface area contributed by atoms with Crippen LogP contribution in [-0.2, 0) is 26.2 Å². The fraction of sp³-hybridized carbons (Fsp3) is 0.714. The van der Waals surface area contributed by atoms with Crippen molar-refractivity contribution in [2.24, 2.45) is 17.3 Å². The van der Waals surface area contributed by atoms with E-state index in [1.807, 2.05) is 0 Å². The van der Waals surface area contributed by atoms with E-state index in [9.17, 15) is 14.7 Å². The fourth-order valence-electron chi connectivity index (χ4n) is 9.33. The van der Waals surface area contributed by atoms with E-state index in [0.717, 1.165) is 44.6 Å². The largest absolute Gasteiger partial charge is 0.504 e. The minimum Gasteiger partial charge on any atom is -0.504 e. The molecule has 1 aromatic carbocycles. The number of carbonyl (C=O) groups is 2. The quantitative estimate of drug-likeness (QED) is 0.508. The Morgan fingerprint density at radius 3 is 2.81 bits per heavy atom. The number of ether oxygens (including phenoxy) is 2. The number of hydrogen-bond acceptors (Lipinski definition) is 6. The van der Waals surface area contributed by atoms with Crippen molar-refractivity contribution >= 4 is 11.9 Å². The van der Waals surface area contributed by atoms with Gasteiger partial charge in [-0.15, -0.1) is 0 Å². The molecule has 4 bridgehead atoms. The van der Waals surface area contributed by atoms with E-state index in [4.69, 9.17) is 14.6 Å². The molecule has 1 amide bonds. The monoisotopic (exact) mass is 496 g/mol. The van der Waals surface area contributed by atoms with Gasteiger partial charge in [0.15, 0.2) is 11.5 Å². The van der Waals surface area contributed by atoms with Crippen LogP contribution >= 0.6 is 0 Å². The molecule has 7 aliphatic rings. The van der Waals surface area contributed by atoms with E-state index in [1.165, 1.54) is 30.5 Å². The van der Waals surface area contributed by atoms with Gasteiger partial charge in [0.2, 0.25) is 5.91 Å². The van der Waals surface area contributed by atoms with Gasteiger partial charge in [-0.05, 0) is 69.0 Å². The van der Waals surface area contributed by atoms with E-state index in [1.54, 1.807) is 13.2 Å². The van der Waals surface area contributed by atoms with Crippen molar-refractivity contribution in [2.45, 2.75) is 80.9 Å². The maximum atomic E-state index is 12.5. The van der Waals surface area contributed by atoms with Crippen LogP contribution in [0.1, 0.15) is 62.5 Å². The molecule has 36 heavy (non-hydrogen) atoms. The lowest BCUT2D eigenvalue weighted by molar-refractivity contribution is -0.276. The van der Waals surface area contributed by atoms with Gasteiger partial charge in [-0.1, -0.05) is 6.07 Å². The number of hydrogen-bond donors (Lipinski definition) is 3. The van der Waals surface area contributed by atoms with Crippen LogP contribution in [0.3, 0.4) is 0 Å². The highest BCUT2D eigenvalue weighted by Gasteiger charge is 2.80. The molecule has 8 nitrogen and oxygen atoms in total. The second kappa shape index (κ2) is 7.60. The van der Waals surface area contributed by atoms with Gasteiger partial charge in [-0.2, -0.15) is 0 Å².